The zero-order chi connectivity index (χ0) is 17.5. The Morgan fingerprint density at radius 2 is 2.08 bits per heavy atom. The highest BCUT2D eigenvalue weighted by atomic mass is 19.1. The maximum Gasteiger partial charge on any atom is 0.184 e. The number of pyridine rings is 1. The lowest BCUT2D eigenvalue weighted by Crippen LogP contribution is -2.12. The molecule has 0 aliphatic heterocycles. The number of H-pyrrole nitrogens is 1. The van der Waals surface area contributed by atoms with Gasteiger partial charge in [0.25, 0.3) is 0 Å². The number of nitrogens with zero attached hydrogens (tertiary/aromatic N) is 6. The summed E-state index contributed by atoms with van der Waals surface area (Å²) in [5, 5.41) is 12.7. The number of hydrogen-bond donors (Lipinski definition) is 2. The first kappa shape index (κ1) is 14.5. The molecule has 5 rings (SSSR count). The minimum atomic E-state index is -0.428. The molecule has 5 aromatic rings. The van der Waals surface area contributed by atoms with Crippen LogP contribution in [-0.4, -0.2) is 35.0 Å². The Labute approximate surface area is 145 Å². The van der Waals surface area contributed by atoms with Gasteiger partial charge in [-0.2, -0.15) is 9.89 Å². The van der Waals surface area contributed by atoms with Crippen molar-refractivity contribution < 1.29 is 4.39 Å². The molecule has 0 radical (unpaired) electrons. The van der Waals surface area contributed by atoms with Gasteiger partial charge in [0.15, 0.2) is 5.65 Å². The molecule has 0 aliphatic rings. The molecule has 0 fully saturated rings. The van der Waals surface area contributed by atoms with Crippen LogP contribution in [0.25, 0.3) is 33.2 Å². The highest BCUT2D eigenvalue weighted by Crippen LogP contribution is 2.27. The van der Waals surface area contributed by atoms with Crippen LogP contribution in [0.3, 0.4) is 0 Å². The van der Waals surface area contributed by atoms with Gasteiger partial charge in [0.1, 0.15) is 17.8 Å². The van der Waals surface area contributed by atoms with Crippen molar-refractivity contribution >= 4 is 27.6 Å². The topological polar surface area (TPSA) is 97.2 Å². The average molecular weight is 346 g/mol. The van der Waals surface area contributed by atoms with E-state index in [1.54, 1.807) is 30.9 Å². The van der Waals surface area contributed by atoms with Crippen LogP contribution in [-0.2, 0) is 0 Å². The Bertz CT molecular complexity index is 1230. The summed E-state index contributed by atoms with van der Waals surface area (Å²) in [6.07, 6.45) is 8.12. The van der Waals surface area contributed by atoms with Crippen molar-refractivity contribution in [1.82, 2.24) is 35.0 Å². The fourth-order valence-electron chi connectivity index (χ4n) is 2.82. The van der Waals surface area contributed by atoms with E-state index < -0.39 is 5.82 Å². The summed E-state index contributed by atoms with van der Waals surface area (Å²) in [6.45, 7) is 0. The second-order valence-corrected chi connectivity index (χ2v) is 5.66. The van der Waals surface area contributed by atoms with Gasteiger partial charge in [-0.1, -0.05) is 0 Å². The Morgan fingerprint density at radius 3 is 2.96 bits per heavy atom. The predicted octanol–water partition coefficient (Wildman–Crippen LogP) is 2.78. The molecule has 0 spiro atoms. The van der Waals surface area contributed by atoms with Gasteiger partial charge >= 0.3 is 0 Å². The van der Waals surface area contributed by atoms with Crippen LogP contribution in [0, 0.1) is 5.82 Å². The van der Waals surface area contributed by atoms with Gasteiger partial charge in [-0.3, -0.25) is 15.5 Å². The van der Waals surface area contributed by atoms with Crippen LogP contribution >= 0.6 is 0 Å². The van der Waals surface area contributed by atoms with Crippen molar-refractivity contribution in [2.75, 3.05) is 5.43 Å². The number of rotatable bonds is 3. The van der Waals surface area contributed by atoms with E-state index in [-0.39, 0.29) is 5.69 Å². The number of aromatic nitrogens is 7. The Hall–Kier alpha value is -3.88. The maximum absolute atomic E-state index is 14.4. The first-order valence-electron chi connectivity index (χ1n) is 7.78. The molecule has 8 nitrogen and oxygen atoms in total. The molecule has 9 heteroatoms. The number of nitrogens with one attached hydrogen (secondary N) is 2. The third-order valence-corrected chi connectivity index (χ3v) is 4.04. The summed E-state index contributed by atoms with van der Waals surface area (Å²) in [6, 6.07) is 6.76. The lowest BCUT2D eigenvalue weighted by molar-refractivity contribution is 0.627. The Kier molecular flexibility index (Phi) is 3.11. The lowest BCUT2D eigenvalue weighted by Gasteiger charge is -2.08. The van der Waals surface area contributed by atoms with Crippen molar-refractivity contribution in [1.29, 1.82) is 0 Å². The molecule has 126 valence electrons. The van der Waals surface area contributed by atoms with E-state index in [4.69, 9.17) is 0 Å². The third-order valence-electron chi connectivity index (χ3n) is 4.04. The van der Waals surface area contributed by atoms with Crippen LogP contribution < -0.4 is 5.43 Å². The molecule has 4 aromatic heterocycles. The van der Waals surface area contributed by atoms with E-state index in [2.05, 4.69) is 35.7 Å². The maximum atomic E-state index is 14.4. The van der Waals surface area contributed by atoms with Crippen molar-refractivity contribution in [2.24, 2.45) is 0 Å². The molecule has 0 aliphatic carbocycles. The number of aromatic amines is 1. The van der Waals surface area contributed by atoms with E-state index >= 15 is 0 Å². The van der Waals surface area contributed by atoms with Crippen LogP contribution in [0.4, 0.5) is 10.1 Å². The number of anilines is 1. The fourth-order valence-corrected chi connectivity index (χ4v) is 2.82. The fraction of sp³-hybridized carbons (Fsp3) is 0. The summed E-state index contributed by atoms with van der Waals surface area (Å²) in [5.41, 5.74) is 5.86. The molecule has 26 heavy (non-hydrogen) atoms. The number of halogens is 1. The summed E-state index contributed by atoms with van der Waals surface area (Å²) < 4.78 is 14.4. The van der Waals surface area contributed by atoms with Crippen molar-refractivity contribution in [3.63, 3.8) is 0 Å². The first-order valence-corrected chi connectivity index (χ1v) is 7.78. The molecule has 0 amide bonds. The summed E-state index contributed by atoms with van der Waals surface area (Å²) in [4.78, 5) is 13.9. The normalized spacial score (nSPS) is 11.3. The molecular weight excluding hydrogens is 335 g/mol. The summed E-state index contributed by atoms with van der Waals surface area (Å²) in [5.74, 6) is -0.428. The summed E-state index contributed by atoms with van der Waals surface area (Å²) in [7, 11) is 0. The molecule has 0 bridgehead atoms. The zero-order valence-electron chi connectivity index (χ0n) is 13.3. The van der Waals surface area contributed by atoms with E-state index in [0.717, 1.165) is 16.3 Å². The smallest absolute Gasteiger partial charge is 0.184 e. The molecule has 4 heterocycles. The molecule has 1 aromatic carbocycles. The number of hydrogen-bond acceptors (Lipinski definition) is 6. The van der Waals surface area contributed by atoms with Crippen LogP contribution in [0.1, 0.15) is 0 Å². The van der Waals surface area contributed by atoms with E-state index in [9.17, 15) is 4.39 Å². The molecule has 0 saturated heterocycles. The zero-order valence-corrected chi connectivity index (χ0v) is 13.3. The monoisotopic (exact) mass is 346 g/mol. The second-order valence-electron chi connectivity index (χ2n) is 5.66. The quantitative estimate of drug-likeness (QED) is 0.521. The highest BCUT2D eigenvalue weighted by molar-refractivity contribution is 5.90. The van der Waals surface area contributed by atoms with Crippen LogP contribution in [0.5, 0.6) is 0 Å². The van der Waals surface area contributed by atoms with Crippen LogP contribution in [0.15, 0.2) is 55.4 Å². The minimum Gasteiger partial charge on any atom is -0.278 e. The Morgan fingerprint density at radius 1 is 1.12 bits per heavy atom. The molecule has 0 atom stereocenters. The van der Waals surface area contributed by atoms with E-state index in [1.807, 2.05) is 12.1 Å². The molecular formula is C17H11FN8. The van der Waals surface area contributed by atoms with Gasteiger partial charge in [-0.15, -0.1) is 5.10 Å². The predicted molar refractivity (Wildman–Crippen MR) is 93.6 cm³/mol. The minimum absolute atomic E-state index is 0.264. The van der Waals surface area contributed by atoms with Crippen molar-refractivity contribution in [3.05, 3.63) is 61.2 Å². The molecule has 0 saturated carbocycles. The van der Waals surface area contributed by atoms with Gasteiger partial charge < -0.3 is 0 Å². The van der Waals surface area contributed by atoms with Crippen molar-refractivity contribution in [3.8, 4) is 11.3 Å². The molecule has 0 unspecified atom stereocenters. The third kappa shape index (κ3) is 2.25. The van der Waals surface area contributed by atoms with Gasteiger partial charge in [-0.25, -0.2) is 14.4 Å². The van der Waals surface area contributed by atoms with E-state index in [0.29, 0.717) is 16.9 Å². The van der Waals surface area contributed by atoms with Gasteiger partial charge in [0.05, 0.1) is 22.8 Å². The SMILES string of the molecule is Fc1cc2[nH]ncc2cc1Nn1nc(-c2cccnc2)c2cncnc21. The summed E-state index contributed by atoms with van der Waals surface area (Å²) >= 11 is 0. The average Bonchev–Trinajstić information content (AvgIpc) is 3.27. The number of fused-ring (bicyclic) bond motifs is 2. The van der Waals surface area contributed by atoms with Crippen molar-refractivity contribution in [2.45, 2.75) is 0 Å². The Balaban J connectivity index is 1.66. The highest BCUT2D eigenvalue weighted by Gasteiger charge is 2.15. The van der Waals surface area contributed by atoms with E-state index in [1.165, 1.54) is 17.2 Å². The second kappa shape index (κ2) is 5.59. The van der Waals surface area contributed by atoms with Gasteiger partial charge in [-0.05, 0) is 18.2 Å². The largest absolute Gasteiger partial charge is 0.278 e. The molecule has 2 N–H and O–H groups in total. The van der Waals surface area contributed by atoms with Gasteiger partial charge in [0.2, 0.25) is 0 Å². The lowest BCUT2D eigenvalue weighted by atomic mass is 10.2. The van der Waals surface area contributed by atoms with Gasteiger partial charge in [0, 0.05) is 35.6 Å². The van der Waals surface area contributed by atoms with Crippen LogP contribution in [0.2, 0.25) is 0 Å². The number of benzene rings is 1. The standard InChI is InChI=1S/C17H11FN8/c18-13-5-14-11(7-22-23-14)4-15(13)24-26-17-12(8-20-9-21-17)16(25-26)10-2-1-3-19-6-10/h1-9,24H,(H,22,23). The first-order chi connectivity index (χ1) is 12.8.